The summed E-state index contributed by atoms with van der Waals surface area (Å²) in [6.45, 7) is 0. The Kier molecular flexibility index (Phi) is 5.75. The first-order valence-corrected chi connectivity index (χ1v) is 12.1. The van der Waals surface area contributed by atoms with Gasteiger partial charge >= 0.3 is 0 Å². The summed E-state index contributed by atoms with van der Waals surface area (Å²) in [4.78, 5) is 25.8. The minimum absolute atomic E-state index is 0.358. The Morgan fingerprint density at radius 2 is 1.19 bits per heavy atom. The predicted molar refractivity (Wildman–Crippen MR) is 146 cm³/mol. The SMILES string of the molecule is O=C1c2ccccc2C(=O)N1/N=C\c1cc(-c2ccccc2)n(-c2ccc(Cl)cc2)c1-c1ccccc1. The van der Waals surface area contributed by atoms with Crippen LogP contribution in [0.5, 0.6) is 0 Å². The van der Waals surface area contributed by atoms with Gasteiger partial charge in [-0.15, -0.1) is 0 Å². The molecule has 0 spiro atoms. The molecule has 2 amide bonds. The van der Waals surface area contributed by atoms with E-state index in [2.05, 4.69) is 9.67 Å². The molecule has 0 saturated carbocycles. The zero-order valence-corrected chi connectivity index (χ0v) is 20.3. The highest BCUT2D eigenvalue weighted by atomic mass is 35.5. The largest absolute Gasteiger partial charge is 0.309 e. The average Bonchev–Trinajstić information content (AvgIpc) is 3.44. The lowest BCUT2D eigenvalue weighted by atomic mass is 10.1. The van der Waals surface area contributed by atoms with E-state index in [1.165, 1.54) is 0 Å². The smallest absolute Gasteiger partial charge is 0.282 e. The van der Waals surface area contributed by atoms with Crippen molar-refractivity contribution in [2.75, 3.05) is 0 Å². The highest BCUT2D eigenvalue weighted by Gasteiger charge is 2.35. The molecular weight excluding hydrogens is 482 g/mol. The third-order valence-electron chi connectivity index (χ3n) is 6.32. The molecule has 5 aromatic rings. The van der Waals surface area contributed by atoms with Crippen molar-refractivity contribution in [1.82, 2.24) is 9.58 Å². The van der Waals surface area contributed by atoms with Gasteiger partial charge in [-0.25, -0.2) is 0 Å². The number of rotatable bonds is 5. The molecule has 6 rings (SSSR count). The number of carbonyl (C=O) groups excluding carboxylic acids is 2. The fourth-order valence-corrected chi connectivity index (χ4v) is 4.73. The van der Waals surface area contributed by atoms with Crippen LogP contribution < -0.4 is 0 Å². The first-order valence-electron chi connectivity index (χ1n) is 11.8. The number of amides is 2. The first kappa shape index (κ1) is 22.7. The number of fused-ring (bicyclic) bond motifs is 1. The summed E-state index contributed by atoms with van der Waals surface area (Å²) in [5.74, 6) is -0.864. The number of hydrogen-bond donors (Lipinski definition) is 0. The molecule has 2 heterocycles. The monoisotopic (exact) mass is 501 g/mol. The Bertz CT molecular complexity index is 1620. The topological polar surface area (TPSA) is 54.7 Å². The van der Waals surface area contributed by atoms with Crippen LogP contribution in [0.25, 0.3) is 28.2 Å². The molecule has 6 heteroatoms. The van der Waals surface area contributed by atoms with Gasteiger partial charge in [-0.3, -0.25) is 9.59 Å². The van der Waals surface area contributed by atoms with Gasteiger partial charge in [0.05, 0.1) is 28.7 Å². The molecule has 1 aliphatic heterocycles. The molecule has 0 saturated heterocycles. The molecule has 0 atom stereocenters. The van der Waals surface area contributed by atoms with Crippen molar-refractivity contribution >= 4 is 29.6 Å². The van der Waals surface area contributed by atoms with Crippen LogP contribution >= 0.6 is 11.6 Å². The van der Waals surface area contributed by atoms with Gasteiger partial charge in [0, 0.05) is 16.3 Å². The number of nitrogens with zero attached hydrogens (tertiary/aromatic N) is 3. The molecule has 0 N–H and O–H groups in total. The highest BCUT2D eigenvalue weighted by molar-refractivity contribution is 6.30. The Morgan fingerprint density at radius 1 is 0.649 bits per heavy atom. The zero-order valence-electron chi connectivity index (χ0n) is 19.6. The van der Waals surface area contributed by atoms with Crippen LogP contribution in [0.4, 0.5) is 0 Å². The quantitative estimate of drug-likeness (QED) is 0.190. The lowest BCUT2D eigenvalue weighted by molar-refractivity contribution is 0.0660. The highest BCUT2D eigenvalue weighted by Crippen LogP contribution is 2.36. The lowest BCUT2D eigenvalue weighted by Gasteiger charge is -2.15. The fraction of sp³-hybridized carbons (Fsp3) is 0. The third-order valence-corrected chi connectivity index (χ3v) is 6.57. The molecule has 5 nitrogen and oxygen atoms in total. The maximum atomic E-state index is 12.9. The van der Waals surface area contributed by atoms with Gasteiger partial charge in [0.15, 0.2) is 0 Å². The van der Waals surface area contributed by atoms with E-state index in [0.29, 0.717) is 16.1 Å². The Balaban J connectivity index is 1.55. The molecule has 0 fully saturated rings. The normalized spacial score (nSPS) is 12.9. The Labute approximate surface area is 218 Å². The van der Waals surface area contributed by atoms with Crippen LogP contribution in [0, 0.1) is 0 Å². The molecule has 37 heavy (non-hydrogen) atoms. The number of carbonyl (C=O) groups is 2. The summed E-state index contributed by atoms with van der Waals surface area (Å²) in [5, 5.41) is 5.96. The maximum absolute atomic E-state index is 12.9. The summed E-state index contributed by atoms with van der Waals surface area (Å²) < 4.78 is 2.14. The molecular formula is C31H20ClN3O2. The van der Waals surface area contributed by atoms with Gasteiger partial charge in [-0.2, -0.15) is 10.1 Å². The number of imide groups is 1. The van der Waals surface area contributed by atoms with Gasteiger partial charge in [0.1, 0.15) is 0 Å². The zero-order chi connectivity index (χ0) is 25.4. The number of halogens is 1. The molecule has 0 bridgehead atoms. The van der Waals surface area contributed by atoms with Crippen LogP contribution in [0.15, 0.2) is 120 Å². The van der Waals surface area contributed by atoms with Crippen LogP contribution in [-0.4, -0.2) is 27.6 Å². The van der Waals surface area contributed by atoms with Crippen LogP contribution in [0.1, 0.15) is 26.3 Å². The second kappa shape index (κ2) is 9.37. The standard InChI is InChI=1S/C31H20ClN3O2/c32-24-15-17-25(18-16-24)34-28(21-9-3-1-4-10-21)19-23(29(34)22-11-5-2-6-12-22)20-33-35-30(36)26-13-7-8-14-27(26)31(35)37/h1-20H/b33-20-. The van der Waals surface area contributed by atoms with E-state index in [9.17, 15) is 9.59 Å². The second-order valence-corrected chi connectivity index (χ2v) is 9.03. The second-order valence-electron chi connectivity index (χ2n) is 8.59. The van der Waals surface area contributed by atoms with Crippen LogP contribution in [0.2, 0.25) is 5.02 Å². The van der Waals surface area contributed by atoms with Crippen LogP contribution in [-0.2, 0) is 0 Å². The van der Waals surface area contributed by atoms with Crippen molar-refractivity contribution in [3.63, 3.8) is 0 Å². The number of hydrogen-bond acceptors (Lipinski definition) is 3. The average molecular weight is 502 g/mol. The summed E-state index contributed by atoms with van der Waals surface area (Å²) in [6, 6.07) is 36.4. The molecule has 1 aliphatic rings. The molecule has 0 unspecified atom stereocenters. The fourth-order valence-electron chi connectivity index (χ4n) is 4.60. The van der Waals surface area contributed by atoms with E-state index in [4.69, 9.17) is 11.6 Å². The minimum atomic E-state index is -0.432. The lowest BCUT2D eigenvalue weighted by Crippen LogP contribution is -2.24. The summed E-state index contributed by atoms with van der Waals surface area (Å²) in [5.41, 5.74) is 6.18. The van der Waals surface area contributed by atoms with Gasteiger partial charge < -0.3 is 4.57 Å². The Hall–Kier alpha value is -4.74. The first-order chi connectivity index (χ1) is 18.1. The van der Waals surface area contributed by atoms with Crippen molar-refractivity contribution in [1.29, 1.82) is 0 Å². The molecule has 178 valence electrons. The third kappa shape index (κ3) is 4.05. The number of benzene rings is 4. The van der Waals surface area contributed by atoms with E-state index in [-0.39, 0.29) is 0 Å². The van der Waals surface area contributed by atoms with Crippen molar-refractivity contribution in [3.05, 3.63) is 137 Å². The predicted octanol–water partition coefficient (Wildman–Crippen LogP) is 7.09. The minimum Gasteiger partial charge on any atom is -0.309 e. The summed E-state index contributed by atoms with van der Waals surface area (Å²) in [7, 11) is 0. The van der Waals surface area contributed by atoms with E-state index < -0.39 is 11.8 Å². The number of aromatic nitrogens is 1. The van der Waals surface area contributed by atoms with Crippen LogP contribution in [0.3, 0.4) is 0 Å². The molecule has 4 aromatic carbocycles. The van der Waals surface area contributed by atoms with E-state index in [1.54, 1.807) is 30.5 Å². The van der Waals surface area contributed by atoms with Gasteiger partial charge in [-0.05, 0) is 53.6 Å². The molecule has 1 aromatic heterocycles. The van der Waals surface area contributed by atoms with Crippen molar-refractivity contribution in [2.45, 2.75) is 0 Å². The van der Waals surface area contributed by atoms with Gasteiger partial charge in [-0.1, -0.05) is 84.4 Å². The summed E-state index contributed by atoms with van der Waals surface area (Å²) in [6.07, 6.45) is 1.59. The van der Waals surface area contributed by atoms with Crippen molar-refractivity contribution in [3.8, 4) is 28.2 Å². The van der Waals surface area contributed by atoms with E-state index in [1.807, 2.05) is 91.0 Å². The Morgan fingerprint density at radius 3 is 1.78 bits per heavy atom. The molecule has 0 radical (unpaired) electrons. The van der Waals surface area contributed by atoms with Crippen molar-refractivity contribution < 1.29 is 9.59 Å². The number of hydrazone groups is 1. The van der Waals surface area contributed by atoms with Gasteiger partial charge in [0.2, 0.25) is 0 Å². The van der Waals surface area contributed by atoms with E-state index >= 15 is 0 Å². The van der Waals surface area contributed by atoms with E-state index in [0.717, 1.165) is 38.8 Å². The van der Waals surface area contributed by atoms with Crippen molar-refractivity contribution in [2.24, 2.45) is 5.10 Å². The molecule has 0 aliphatic carbocycles. The van der Waals surface area contributed by atoms with Gasteiger partial charge in [0.25, 0.3) is 11.8 Å². The summed E-state index contributed by atoms with van der Waals surface area (Å²) >= 11 is 6.21. The maximum Gasteiger partial charge on any atom is 0.282 e.